The molecule has 26 heavy (non-hydrogen) atoms. The van der Waals surface area contributed by atoms with Gasteiger partial charge in [0.2, 0.25) is 0 Å². The van der Waals surface area contributed by atoms with Crippen molar-refractivity contribution in [1.82, 2.24) is 0 Å². The summed E-state index contributed by atoms with van der Waals surface area (Å²) in [6.07, 6.45) is 2.20. The minimum atomic E-state index is -1.13. The summed E-state index contributed by atoms with van der Waals surface area (Å²) in [5.41, 5.74) is 1.83. The number of phenolic OH excluding ortho intramolecular Hbond substituents is 1. The summed E-state index contributed by atoms with van der Waals surface area (Å²) in [6.45, 7) is 2.98. The maximum absolute atomic E-state index is 12.0. The number of hydrogen-bond acceptors (Lipinski definition) is 7. The number of ether oxygens (including phenoxy) is 2. The number of aromatic hydroxyl groups is 1. The SMILES string of the molecule is COC(=O)c1c(O)c(C/C=C(\C)CCC(=O)[O-])c(OC)c(C)c1CO.[Na+]. The van der Waals surface area contributed by atoms with Crippen molar-refractivity contribution >= 4 is 11.9 Å². The first-order valence-electron chi connectivity index (χ1n) is 7.74. The summed E-state index contributed by atoms with van der Waals surface area (Å²) < 4.78 is 10.0. The number of esters is 1. The summed E-state index contributed by atoms with van der Waals surface area (Å²) >= 11 is 0. The van der Waals surface area contributed by atoms with E-state index in [0.717, 1.165) is 5.57 Å². The molecular formula is C18H23NaO7. The maximum atomic E-state index is 12.0. The third-order valence-electron chi connectivity index (χ3n) is 4.02. The van der Waals surface area contributed by atoms with E-state index in [1.54, 1.807) is 19.9 Å². The van der Waals surface area contributed by atoms with Crippen molar-refractivity contribution in [1.29, 1.82) is 0 Å². The van der Waals surface area contributed by atoms with Gasteiger partial charge in [0.1, 0.15) is 17.1 Å². The molecule has 1 aromatic carbocycles. The van der Waals surface area contributed by atoms with E-state index >= 15 is 0 Å². The standard InChI is InChI=1S/C18H24O7.Na/c1-10(6-8-14(20)21)5-7-12-16(22)15(18(23)25-4)13(9-19)11(2)17(12)24-3;/h5,19,22H,6-9H2,1-4H3,(H,20,21);/q;+1/p-1/b10-5+;. The molecule has 7 nitrogen and oxygen atoms in total. The molecule has 0 bridgehead atoms. The van der Waals surface area contributed by atoms with E-state index in [0.29, 0.717) is 23.3 Å². The Morgan fingerprint density at radius 3 is 2.27 bits per heavy atom. The first-order valence-corrected chi connectivity index (χ1v) is 7.74. The van der Waals surface area contributed by atoms with Crippen molar-refractivity contribution < 1.29 is 63.9 Å². The number of carbonyl (C=O) groups is 2. The normalized spacial score (nSPS) is 10.9. The van der Waals surface area contributed by atoms with Gasteiger partial charge in [-0.2, -0.15) is 0 Å². The van der Waals surface area contributed by atoms with Gasteiger partial charge in [-0.1, -0.05) is 11.6 Å². The van der Waals surface area contributed by atoms with Crippen molar-refractivity contribution in [3.8, 4) is 11.5 Å². The fraction of sp³-hybridized carbons (Fsp3) is 0.444. The summed E-state index contributed by atoms with van der Waals surface area (Å²) in [5, 5.41) is 30.6. The van der Waals surface area contributed by atoms with Crippen LogP contribution in [-0.2, 0) is 22.6 Å². The largest absolute Gasteiger partial charge is 1.00 e. The van der Waals surface area contributed by atoms with Crippen LogP contribution in [0.5, 0.6) is 11.5 Å². The average molecular weight is 374 g/mol. The molecule has 1 rings (SSSR count). The molecular weight excluding hydrogens is 351 g/mol. The number of carboxylic acids is 1. The van der Waals surface area contributed by atoms with Crippen LogP contribution in [0.2, 0.25) is 0 Å². The maximum Gasteiger partial charge on any atom is 1.00 e. The molecule has 0 aliphatic heterocycles. The summed E-state index contributed by atoms with van der Waals surface area (Å²) in [7, 11) is 2.61. The number of benzene rings is 1. The second kappa shape index (κ2) is 11.2. The molecule has 0 amide bonds. The Balaban J connectivity index is 0.00000625. The quantitative estimate of drug-likeness (QED) is 0.307. The summed E-state index contributed by atoms with van der Waals surface area (Å²) in [4.78, 5) is 22.5. The average Bonchev–Trinajstić information content (AvgIpc) is 2.58. The van der Waals surface area contributed by atoms with E-state index in [1.165, 1.54) is 14.2 Å². The van der Waals surface area contributed by atoms with Gasteiger partial charge in [-0.3, -0.25) is 0 Å². The first kappa shape index (κ1) is 24.5. The molecule has 0 aromatic heterocycles. The van der Waals surface area contributed by atoms with Crippen LogP contribution in [-0.4, -0.2) is 36.4 Å². The Morgan fingerprint density at radius 1 is 1.19 bits per heavy atom. The number of carboxylic acid groups (broad SMARTS) is 1. The smallest absolute Gasteiger partial charge is 0.550 e. The molecule has 0 fully saturated rings. The third kappa shape index (κ3) is 5.74. The van der Waals surface area contributed by atoms with Crippen LogP contribution < -0.4 is 39.4 Å². The van der Waals surface area contributed by atoms with Crippen molar-refractivity contribution in [2.75, 3.05) is 14.2 Å². The van der Waals surface area contributed by atoms with E-state index in [-0.39, 0.29) is 59.3 Å². The number of rotatable bonds is 8. The molecule has 0 spiro atoms. The minimum absolute atomic E-state index is 0. The molecule has 0 saturated heterocycles. The fourth-order valence-electron chi connectivity index (χ4n) is 2.62. The Bertz CT molecular complexity index is 696. The molecule has 0 aliphatic carbocycles. The number of hydrogen-bond donors (Lipinski definition) is 2. The Kier molecular flexibility index (Phi) is 10.6. The van der Waals surface area contributed by atoms with Gasteiger partial charge in [0.15, 0.2) is 0 Å². The molecule has 0 atom stereocenters. The topological polar surface area (TPSA) is 116 Å². The van der Waals surface area contributed by atoms with Crippen molar-refractivity contribution in [3.63, 3.8) is 0 Å². The molecule has 138 valence electrons. The van der Waals surface area contributed by atoms with Crippen LogP contribution in [0.3, 0.4) is 0 Å². The van der Waals surface area contributed by atoms with E-state index in [2.05, 4.69) is 0 Å². The van der Waals surface area contributed by atoms with Gasteiger partial charge in [0.05, 0.1) is 20.8 Å². The molecule has 0 radical (unpaired) electrons. The molecule has 0 unspecified atom stereocenters. The number of aliphatic carboxylic acids is 1. The van der Waals surface area contributed by atoms with E-state index in [1.807, 2.05) is 0 Å². The van der Waals surface area contributed by atoms with Gasteiger partial charge in [-0.05, 0) is 38.7 Å². The fourth-order valence-corrected chi connectivity index (χ4v) is 2.62. The molecule has 0 heterocycles. The number of methoxy groups -OCH3 is 2. The van der Waals surface area contributed by atoms with Crippen LogP contribution in [0.25, 0.3) is 0 Å². The minimum Gasteiger partial charge on any atom is -0.550 e. The molecule has 0 saturated carbocycles. The Morgan fingerprint density at radius 2 is 1.81 bits per heavy atom. The summed E-state index contributed by atoms with van der Waals surface area (Å²) in [5.74, 6) is -1.85. The second-order valence-corrected chi connectivity index (χ2v) is 5.62. The molecule has 0 aliphatic rings. The number of aliphatic hydroxyl groups is 1. The number of carbonyl (C=O) groups excluding carboxylic acids is 2. The summed E-state index contributed by atoms with van der Waals surface area (Å²) in [6, 6.07) is 0. The van der Waals surface area contributed by atoms with Crippen molar-refractivity contribution in [2.45, 2.75) is 39.7 Å². The van der Waals surface area contributed by atoms with Gasteiger partial charge >= 0.3 is 35.5 Å². The Hall–Kier alpha value is -1.54. The van der Waals surface area contributed by atoms with Crippen LogP contribution in [0.1, 0.15) is 46.8 Å². The zero-order valence-electron chi connectivity index (χ0n) is 15.8. The van der Waals surface area contributed by atoms with Crippen molar-refractivity contribution in [2.24, 2.45) is 0 Å². The van der Waals surface area contributed by atoms with E-state index in [4.69, 9.17) is 9.47 Å². The zero-order valence-corrected chi connectivity index (χ0v) is 17.8. The zero-order chi connectivity index (χ0) is 19.1. The molecule has 1 aromatic rings. The molecule has 8 heteroatoms. The van der Waals surface area contributed by atoms with Crippen molar-refractivity contribution in [3.05, 3.63) is 33.9 Å². The Labute approximate surface area is 174 Å². The first-order chi connectivity index (χ1) is 11.8. The van der Waals surface area contributed by atoms with Gasteiger partial charge in [0.25, 0.3) is 0 Å². The predicted octanol–water partition coefficient (Wildman–Crippen LogP) is -1.99. The van der Waals surface area contributed by atoms with Gasteiger partial charge in [-0.15, -0.1) is 0 Å². The van der Waals surface area contributed by atoms with Gasteiger partial charge < -0.3 is 29.6 Å². The van der Waals surface area contributed by atoms with Gasteiger partial charge in [0, 0.05) is 17.1 Å². The van der Waals surface area contributed by atoms with Crippen LogP contribution >= 0.6 is 0 Å². The van der Waals surface area contributed by atoms with E-state index < -0.39 is 18.5 Å². The monoisotopic (exact) mass is 374 g/mol. The molecule has 2 N–H and O–H groups in total. The number of phenols is 1. The number of aliphatic hydroxyl groups excluding tert-OH is 1. The van der Waals surface area contributed by atoms with Crippen LogP contribution in [0.4, 0.5) is 0 Å². The van der Waals surface area contributed by atoms with Crippen LogP contribution in [0.15, 0.2) is 11.6 Å². The van der Waals surface area contributed by atoms with E-state index in [9.17, 15) is 24.9 Å². The van der Waals surface area contributed by atoms with Crippen LogP contribution in [0, 0.1) is 6.92 Å². The number of allylic oxidation sites excluding steroid dienone is 2. The predicted molar refractivity (Wildman–Crippen MR) is 88.4 cm³/mol. The second-order valence-electron chi connectivity index (χ2n) is 5.62. The third-order valence-corrected chi connectivity index (χ3v) is 4.02. The van der Waals surface area contributed by atoms with Gasteiger partial charge in [-0.25, -0.2) is 4.79 Å².